The number of aromatic nitrogens is 1. The molecule has 0 spiro atoms. The SMILES string of the molecule is Cc1ccc(CCC(=O)[C@@H]2C[C@@H](O)CN2C(=O)Cc2cc(C)no2)c(Cl)c1. The van der Waals surface area contributed by atoms with Crippen molar-refractivity contribution < 1.29 is 19.2 Å². The van der Waals surface area contributed by atoms with Crippen molar-refractivity contribution in [3.63, 3.8) is 0 Å². The van der Waals surface area contributed by atoms with Gasteiger partial charge in [0.25, 0.3) is 0 Å². The van der Waals surface area contributed by atoms with E-state index in [1.165, 1.54) is 4.90 Å². The van der Waals surface area contributed by atoms with Crippen molar-refractivity contribution in [2.45, 2.75) is 51.7 Å². The van der Waals surface area contributed by atoms with Crippen LogP contribution < -0.4 is 0 Å². The molecule has 0 saturated carbocycles. The van der Waals surface area contributed by atoms with Crippen LogP contribution in [0.1, 0.15) is 35.4 Å². The summed E-state index contributed by atoms with van der Waals surface area (Å²) in [7, 11) is 0. The molecule has 3 rings (SSSR count). The quantitative estimate of drug-likeness (QED) is 0.819. The van der Waals surface area contributed by atoms with Gasteiger partial charge in [-0.2, -0.15) is 0 Å². The highest BCUT2D eigenvalue weighted by molar-refractivity contribution is 6.31. The molecule has 1 aliphatic rings. The molecule has 1 aliphatic heterocycles. The summed E-state index contributed by atoms with van der Waals surface area (Å²) in [6.07, 6.45) is 0.379. The van der Waals surface area contributed by atoms with Gasteiger partial charge in [-0.15, -0.1) is 0 Å². The maximum atomic E-state index is 12.7. The molecule has 2 atom stereocenters. The maximum Gasteiger partial charge on any atom is 0.231 e. The maximum absolute atomic E-state index is 12.7. The number of carbonyl (C=O) groups is 2. The van der Waals surface area contributed by atoms with E-state index in [1.54, 1.807) is 13.0 Å². The molecule has 7 heteroatoms. The van der Waals surface area contributed by atoms with Crippen LogP contribution in [0.3, 0.4) is 0 Å². The van der Waals surface area contributed by atoms with Crippen LogP contribution in [0.2, 0.25) is 5.02 Å². The Kier molecular flexibility index (Phi) is 5.97. The predicted molar refractivity (Wildman–Crippen MR) is 101 cm³/mol. The standard InChI is InChI=1S/C20H23ClN2O4/c1-12-3-4-14(17(21)7-12)5-6-19(25)18-9-15(24)11-23(18)20(26)10-16-8-13(2)22-27-16/h3-4,7-8,15,18,24H,5-6,9-11H2,1-2H3/t15-,18+/m1/s1. The summed E-state index contributed by atoms with van der Waals surface area (Å²) in [6.45, 7) is 3.90. The fourth-order valence-electron chi connectivity index (χ4n) is 3.42. The molecule has 6 nitrogen and oxygen atoms in total. The van der Waals surface area contributed by atoms with E-state index in [1.807, 2.05) is 25.1 Å². The molecule has 0 bridgehead atoms. The van der Waals surface area contributed by atoms with E-state index in [2.05, 4.69) is 5.16 Å². The van der Waals surface area contributed by atoms with Gasteiger partial charge >= 0.3 is 0 Å². The number of hydrogen-bond acceptors (Lipinski definition) is 5. The monoisotopic (exact) mass is 390 g/mol. The summed E-state index contributed by atoms with van der Waals surface area (Å²) in [5.74, 6) is 0.149. The molecule has 2 heterocycles. The third-order valence-electron chi connectivity index (χ3n) is 4.82. The largest absolute Gasteiger partial charge is 0.391 e. The number of amides is 1. The third kappa shape index (κ3) is 4.76. The topological polar surface area (TPSA) is 83.6 Å². The van der Waals surface area contributed by atoms with Crippen LogP contribution in [0, 0.1) is 13.8 Å². The number of Topliss-reactive ketones (excluding diaryl/α,β-unsaturated/α-hetero) is 1. The highest BCUT2D eigenvalue weighted by Gasteiger charge is 2.38. The molecule has 144 valence electrons. The Labute approximate surface area is 163 Å². The number of aryl methyl sites for hydroxylation is 3. The Morgan fingerprint density at radius 1 is 1.33 bits per heavy atom. The van der Waals surface area contributed by atoms with E-state index < -0.39 is 12.1 Å². The highest BCUT2D eigenvalue weighted by Crippen LogP contribution is 2.24. The van der Waals surface area contributed by atoms with Crippen molar-refractivity contribution in [1.82, 2.24) is 10.1 Å². The number of hydrogen-bond donors (Lipinski definition) is 1. The summed E-state index contributed by atoms with van der Waals surface area (Å²) < 4.78 is 5.09. The van der Waals surface area contributed by atoms with Gasteiger partial charge < -0.3 is 14.5 Å². The van der Waals surface area contributed by atoms with E-state index in [-0.39, 0.29) is 37.5 Å². The lowest BCUT2D eigenvalue weighted by Crippen LogP contribution is -2.41. The van der Waals surface area contributed by atoms with Crippen LogP contribution in [0.5, 0.6) is 0 Å². The van der Waals surface area contributed by atoms with Crippen LogP contribution in [-0.4, -0.2) is 45.5 Å². The molecule has 1 aromatic heterocycles. The van der Waals surface area contributed by atoms with Crippen molar-refractivity contribution in [2.75, 3.05) is 6.54 Å². The number of aliphatic hydroxyl groups excluding tert-OH is 1. The van der Waals surface area contributed by atoms with Crippen LogP contribution in [0.15, 0.2) is 28.8 Å². The average Bonchev–Trinajstić information content (AvgIpc) is 3.19. The molecule has 2 aromatic rings. The van der Waals surface area contributed by atoms with Crippen molar-refractivity contribution in [3.05, 3.63) is 51.9 Å². The minimum Gasteiger partial charge on any atom is -0.391 e. The van der Waals surface area contributed by atoms with Gasteiger partial charge in [-0.1, -0.05) is 28.9 Å². The zero-order chi connectivity index (χ0) is 19.6. The van der Waals surface area contributed by atoms with Gasteiger partial charge in [0.1, 0.15) is 5.76 Å². The minimum atomic E-state index is -0.692. The summed E-state index contributed by atoms with van der Waals surface area (Å²) in [6, 6.07) is 6.83. The number of nitrogens with zero attached hydrogens (tertiary/aromatic N) is 2. The van der Waals surface area contributed by atoms with Gasteiger partial charge in [0.05, 0.1) is 24.3 Å². The second kappa shape index (κ2) is 8.23. The second-order valence-electron chi connectivity index (χ2n) is 7.12. The molecular weight excluding hydrogens is 368 g/mol. The first kappa shape index (κ1) is 19.6. The lowest BCUT2D eigenvalue weighted by Gasteiger charge is -2.23. The first-order valence-electron chi connectivity index (χ1n) is 9.01. The number of β-amino-alcohol motifs (C(OH)–C–C–N with tert-alkyl or cyclic N) is 1. The van der Waals surface area contributed by atoms with E-state index in [0.29, 0.717) is 22.9 Å². The average molecular weight is 391 g/mol. The summed E-state index contributed by atoms with van der Waals surface area (Å²) in [5.41, 5.74) is 2.67. The van der Waals surface area contributed by atoms with Crippen molar-refractivity contribution in [2.24, 2.45) is 0 Å². The molecule has 1 N–H and O–H groups in total. The Balaban J connectivity index is 1.63. The molecule has 0 unspecified atom stereocenters. The second-order valence-corrected chi connectivity index (χ2v) is 7.53. The smallest absolute Gasteiger partial charge is 0.231 e. The third-order valence-corrected chi connectivity index (χ3v) is 5.17. The summed E-state index contributed by atoms with van der Waals surface area (Å²) >= 11 is 6.24. The number of halogens is 1. The Morgan fingerprint density at radius 3 is 2.78 bits per heavy atom. The van der Waals surface area contributed by atoms with Gasteiger partial charge in [0.15, 0.2) is 5.78 Å². The van der Waals surface area contributed by atoms with Crippen molar-refractivity contribution in [1.29, 1.82) is 0 Å². The van der Waals surface area contributed by atoms with Crippen molar-refractivity contribution in [3.8, 4) is 0 Å². The molecule has 0 aliphatic carbocycles. The van der Waals surface area contributed by atoms with Crippen molar-refractivity contribution >= 4 is 23.3 Å². The zero-order valence-corrected chi connectivity index (χ0v) is 16.2. The molecule has 1 saturated heterocycles. The number of aliphatic hydroxyl groups is 1. The molecule has 1 aromatic carbocycles. The molecule has 1 amide bonds. The summed E-state index contributed by atoms with van der Waals surface area (Å²) in [4.78, 5) is 26.8. The van der Waals surface area contributed by atoms with Gasteiger partial charge in [-0.3, -0.25) is 9.59 Å². The van der Waals surface area contributed by atoms with Gasteiger partial charge in [-0.05, 0) is 37.5 Å². The number of ketones is 1. The Morgan fingerprint density at radius 2 is 2.11 bits per heavy atom. The van der Waals surface area contributed by atoms with Crippen LogP contribution >= 0.6 is 11.6 Å². The minimum absolute atomic E-state index is 0.0289. The van der Waals surface area contributed by atoms with E-state index in [9.17, 15) is 14.7 Å². The fraction of sp³-hybridized carbons (Fsp3) is 0.450. The van der Waals surface area contributed by atoms with Crippen LogP contribution in [0.4, 0.5) is 0 Å². The number of likely N-dealkylation sites (tertiary alicyclic amines) is 1. The molecule has 27 heavy (non-hydrogen) atoms. The lowest BCUT2D eigenvalue weighted by atomic mass is 10.0. The normalized spacial score (nSPS) is 19.5. The first-order valence-corrected chi connectivity index (χ1v) is 9.38. The van der Waals surface area contributed by atoms with E-state index in [0.717, 1.165) is 11.1 Å². The fourth-order valence-corrected chi connectivity index (χ4v) is 3.75. The Bertz CT molecular complexity index is 848. The highest BCUT2D eigenvalue weighted by atomic mass is 35.5. The zero-order valence-electron chi connectivity index (χ0n) is 15.4. The Hall–Kier alpha value is -2.18. The van der Waals surface area contributed by atoms with Gasteiger partial charge in [0.2, 0.25) is 5.91 Å². The van der Waals surface area contributed by atoms with Crippen LogP contribution in [-0.2, 0) is 22.4 Å². The molecule has 0 radical (unpaired) electrons. The number of carbonyl (C=O) groups excluding carboxylic acids is 2. The number of benzene rings is 1. The summed E-state index contributed by atoms with van der Waals surface area (Å²) in [5, 5.41) is 14.4. The lowest BCUT2D eigenvalue weighted by molar-refractivity contribution is -0.137. The first-order chi connectivity index (χ1) is 12.8. The van der Waals surface area contributed by atoms with E-state index in [4.69, 9.17) is 16.1 Å². The van der Waals surface area contributed by atoms with E-state index >= 15 is 0 Å². The van der Waals surface area contributed by atoms with Crippen LogP contribution in [0.25, 0.3) is 0 Å². The van der Waals surface area contributed by atoms with Gasteiger partial charge in [0, 0.05) is 30.5 Å². The molecule has 1 fully saturated rings. The number of rotatable bonds is 6. The van der Waals surface area contributed by atoms with Gasteiger partial charge in [-0.25, -0.2) is 0 Å². The predicted octanol–water partition coefficient (Wildman–Crippen LogP) is 2.65. The molecular formula is C20H23ClN2O4.